The van der Waals surface area contributed by atoms with Crippen molar-refractivity contribution in [2.24, 2.45) is 0 Å². The van der Waals surface area contributed by atoms with Crippen molar-refractivity contribution in [1.82, 2.24) is 29.2 Å². The number of hydrogen-bond acceptors (Lipinski definition) is 6. The standard InChI is InChI=1S/C30H29N7O2/c31-28-27-26(21-7-6-20-8-9-24(33-25(20)18-21)19-4-2-1-3-5-19)34-29(37(27)11-10-32-28)22-16-23(17-22)35-12-14-36(15-13-35)30(38)39/h1-11,18,22-23H,12-17H2,(H2,31,32)(H,38,39). The van der Waals surface area contributed by atoms with Gasteiger partial charge in [0.15, 0.2) is 0 Å². The number of pyridine rings is 1. The molecular formula is C30H29N7O2. The molecule has 9 nitrogen and oxygen atoms in total. The van der Waals surface area contributed by atoms with Crippen molar-refractivity contribution in [2.45, 2.75) is 24.8 Å². The molecule has 0 atom stereocenters. The lowest BCUT2D eigenvalue weighted by Gasteiger charge is -2.45. The van der Waals surface area contributed by atoms with Gasteiger partial charge < -0.3 is 15.7 Å². The Morgan fingerprint density at radius 1 is 0.923 bits per heavy atom. The van der Waals surface area contributed by atoms with E-state index in [-0.39, 0.29) is 0 Å². The number of rotatable bonds is 4. The summed E-state index contributed by atoms with van der Waals surface area (Å²) in [5, 5.41) is 10.3. The molecule has 2 aromatic carbocycles. The second-order valence-electron chi connectivity index (χ2n) is 10.4. The lowest BCUT2D eigenvalue weighted by molar-refractivity contribution is 0.0495. The predicted octanol–water partition coefficient (Wildman–Crippen LogP) is 4.74. The molecule has 39 heavy (non-hydrogen) atoms. The predicted molar refractivity (Wildman–Crippen MR) is 151 cm³/mol. The molecule has 0 spiro atoms. The van der Waals surface area contributed by atoms with Crippen LogP contribution in [0.25, 0.3) is 38.9 Å². The first-order valence-corrected chi connectivity index (χ1v) is 13.4. The number of anilines is 1. The van der Waals surface area contributed by atoms with E-state index in [4.69, 9.17) is 15.7 Å². The fourth-order valence-corrected chi connectivity index (χ4v) is 5.99. The van der Waals surface area contributed by atoms with Crippen LogP contribution in [0.15, 0.2) is 73.1 Å². The van der Waals surface area contributed by atoms with Crippen LogP contribution in [-0.4, -0.2) is 72.6 Å². The summed E-state index contributed by atoms with van der Waals surface area (Å²) in [6.45, 7) is 2.70. The molecular weight excluding hydrogens is 490 g/mol. The molecule has 9 heteroatoms. The second-order valence-corrected chi connectivity index (χ2v) is 10.4. The number of nitrogen functional groups attached to an aromatic ring is 1. The van der Waals surface area contributed by atoms with E-state index in [0.29, 0.717) is 30.9 Å². The number of carboxylic acid groups (broad SMARTS) is 1. The van der Waals surface area contributed by atoms with Gasteiger partial charge in [-0.3, -0.25) is 9.30 Å². The molecule has 0 radical (unpaired) electrons. The Hall–Kier alpha value is -4.50. The Kier molecular flexibility index (Phi) is 5.66. The summed E-state index contributed by atoms with van der Waals surface area (Å²) in [4.78, 5) is 29.7. The van der Waals surface area contributed by atoms with Crippen molar-refractivity contribution < 1.29 is 9.90 Å². The quantitative estimate of drug-likeness (QED) is 0.353. The normalized spacial score (nSPS) is 19.8. The average molecular weight is 520 g/mol. The molecule has 3 N–H and O–H groups in total. The Morgan fingerprint density at radius 3 is 2.46 bits per heavy atom. The van der Waals surface area contributed by atoms with E-state index in [9.17, 15) is 9.90 Å². The molecule has 7 rings (SSSR count). The van der Waals surface area contributed by atoms with Gasteiger partial charge in [-0.05, 0) is 25.0 Å². The minimum absolute atomic E-state index is 0.304. The van der Waals surface area contributed by atoms with Crippen LogP contribution in [-0.2, 0) is 0 Å². The Bertz CT molecular complexity index is 1690. The third kappa shape index (κ3) is 4.15. The minimum Gasteiger partial charge on any atom is -0.465 e. The summed E-state index contributed by atoms with van der Waals surface area (Å²) in [6.07, 6.45) is 4.83. The number of imidazole rings is 1. The van der Waals surface area contributed by atoms with Gasteiger partial charge in [0.1, 0.15) is 22.9 Å². The van der Waals surface area contributed by atoms with Gasteiger partial charge in [-0.15, -0.1) is 0 Å². The number of benzene rings is 2. The molecule has 0 unspecified atom stereocenters. The molecule has 3 aromatic heterocycles. The van der Waals surface area contributed by atoms with E-state index in [0.717, 1.165) is 70.7 Å². The third-order valence-electron chi connectivity index (χ3n) is 8.22. The van der Waals surface area contributed by atoms with Crippen molar-refractivity contribution in [3.63, 3.8) is 0 Å². The number of amides is 1. The van der Waals surface area contributed by atoms with Crippen molar-refractivity contribution in [2.75, 3.05) is 31.9 Å². The van der Waals surface area contributed by atoms with E-state index in [1.54, 1.807) is 6.20 Å². The summed E-state index contributed by atoms with van der Waals surface area (Å²) in [5.41, 5.74) is 11.9. The van der Waals surface area contributed by atoms with Gasteiger partial charge in [0.2, 0.25) is 0 Å². The average Bonchev–Trinajstić information content (AvgIpc) is 3.33. The number of nitrogens with two attached hydrogens (primary N) is 1. The Balaban J connectivity index is 1.20. The molecule has 1 amide bonds. The van der Waals surface area contributed by atoms with Crippen LogP contribution in [0.1, 0.15) is 24.6 Å². The number of aromatic nitrogens is 4. The number of nitrogens with zero attached hydrogens (tertiary/aromatic N) is 6. The van der Waals surface area contributed by atoms with Gasteiger partial charge in [-0.1, -0.05) is 48.5 Å². The first-order valence-electron chi connectivity index (χ1n) is 13.4. The van der Waals surface area contributed by atoms with Crippen molar-refractivity contribution in [1.29, 1.82) is 0 Å². The van der Waals surface area contributed by atoms with Crippen LogP contribution in [0.2, 0.25) is 0 Å². The lowest BCUT2D eigenvalue weighted by atomic mass is 9.78. The molecule has 2 fully saturated rings. The molecule has 1 saturated carbocycles. The number of piperazine rings is 1. The highest BCUT2D eigenvalue weighted by atomic mass is 16.4. The molecule has 0 bridgehead atoms. The monoisotopic (exact) mass is 519 g/mol. The molecule has 1 aliphatic carbocycles. The maximum absolute atomic E-state index is 11.3. The Labute approximate surface area is 225 Å². The topological polar surface area (TPSA) is 113 Å². The summed E-state index contributed by atoms with van der Waals surface area (Å²) < 4.78 is 2.10. The fraction of sp³-hybridized carbons (Fsp3) is 0.267. The molecule has 4 heterocycles. The maximum Gasteiger partial charge on any atom is 0.407 e. The summed E-state index contributed by atoms with van der Waals surface area (Å²) in [5.74, 6) is 1.76. The Morgan fingerprint density at radius 2 is 1.69 bits per heavy atom. The van der Waals surface area contributed by atoms with Gasteiger partial charge in [-0.25, -0.2) is 19.7 Å². The van der Waals surface area contributed by atoms with Crippen molar-refractivity contribution >= 4 is 28.3 Å². The number of fused-ring (bicyclic) bond motifs is 2. The maximum atomic E-state index is 11.3. The van der Waals surface area contributed by atoms with Gasteiger partial charge in [-0.2, -0.15) is 0 Å². The van der Waals surface area contributed by atoms with Crippen molar-refractivity contribution in [3.05, 3.63) is 78.9 Å². The largest absolute Gasteiger partial charge is 0.465 e. The summed E-state index contributed by atoms with van der Waals surface area (Å²) >= 11 is 0. The third-order valence-corrected chi connectivity index (χ3v) is 8.22. The smallest absolute Gasteiger partial charge is 0.407 e. The SMILES string of the molecule is Nc1nccn2c(C3CC(N4CCN(C(=O)O)CC4)C3)nc(-c3ccc4ccc(-c5ccccc5)nc4c3)c12. The highest BCUT2D eigenvalue weighted by molar-refractivity contribution is 5.91. The summed E-state index contributed by atoms with van der Waals surface area (Å²) in [6, 6.07) is 21.0. The molecule has 1 aliphatic heterocycles. The van der Waals surface area contributed by atoms with Crippen LogP contribution in [0.4, 0.5) is 10.6 Å². The molecule has 196 valence electrons. The van der Waals surface area contributed by atoms with E-state index in [2.05, 4.69) is 56.7 Å². The zero-order chi connectivity index (χ0) is 26.5. The van der Waals surface area contributed by atoms with E-state index in [1.807, 2.05) is 24.4 Å². The zero-order valence-corrected chi connectivity index (χ0v) is 21.4. The number of hydrogen-bond donors (Lipinski definition) is 2. The van der Waals surface area contributed by atoms with Crippen LogP contribution in [0.3, 0.4) is 0 Å². The van der Waals surface area contributed by atoms with Crippen LogP contribution in [0, 0.1) is 0 Å². The second kappa shape index (κ2) is 9.36. The van der Waals surface area contributed by atoms with Crippen LogP contribution < -0.4 is 5.73 Å². The first-order chi connectivity index (χ1) is 19.0. The van der Waals surface area contributed by atoms with Gasteiger partial charge in [0.05, 0.1) is 11.2 Å². The van der Waals surface area contributed by atoms with Gasteiger partial charge in [0.25, 0.3) is 0 Å². The molecule has 2 aliphatic rings. The van der Waals surface area contributed by atoms with Gasteiger partial charge >= 0.3 is 6.09 Å². The fourth-order valence-electron chi connectivity index (χ4n) is 5.99. The van der Waals surface area contributed by atoms with E-state index < -0.39 is 6.09 Å². The lowest BCUT2D eigenvalue weighted by Crippen LogP contribution is -2.54. The van der Waals surface area contributed by atoms with Crippen LogP contribution in [0.5, 0.6) is 0 Å². The molecule has 5 aromatic rings. The zero-order valence-electron chi connectivity index (χ0n) is 21.4. The highest BCUT2D eigenvalue weighted by Crippen LogP contribution is 2.42. The van der Waals surface area contributed by atoms with Crippen LogP contribution >= 0.6 is 0 Å². The van der Waals surface area contributed by atoms with Crippen molar-refractivity contribution in [3.8, 4) is 22.5 Å². The first kappa shape index (κ1) is 23.6. The molecule has 1 saturated heterocycles. The van der Waals surface area contributed by atoms with E-state index in [1.165, 1.54) is 4.90 Å². The number of carbonyl (C=O) groups is 1. The summed E-state index contributed by atoms with van der Waals surface area (Å²) in [7, 11) is 0. The minimum atomic E-state index is -0.830. The van der Waals surface area contributed by atoms with E-state index >= 15 is 0 Å². The highest BCUT2D eigenvalue weighted by Gasteiger charge is 2.39. The van der Waals surface area contributed by atoms with Gasteiger partial charge in [0, 0.05) is 67.0 Å².